The Kier molecular flexibility index (Phi) is 6.74. The molecule has 2 aromatic carbocycles. The molecule has 9 heteroatoms. The number of morpholine rings is 1. The molecule has 0 aromatic heterocycles. The molecule has 1 amide bonds. The second-order valence-corrected chi connectivity index (χ2v) is 9.48. The molecule has 2 aliphatic rings. The van der Waals surface area contributed by atoms with Gasteiger partial charge in [-0.15, -0.1) is 0 Å². The Morgan fingerprint density at radius 2 is 1.71 bits per heavy atom. The van der Waals surface area contributed by atoms with Gasteiger partial charge in [0.25, 0.3) is 5.91 Å². The van der Waals surface area contributed by atoms with Crippen LogP contribution in [0, 0.1) is 0 Å². The van der Waals surface area contributed by atoms with Gasteiger partial charge in [0.15, 0.2) is 6.61 Å². The smallest absolute Gasteiger partial charge is 0.262 e. The van der Waals surface area contributed by atoms with Gasteiger partial charge in [0.1, 0.15) is 5.75 Å². The minimum absolute atomic E-state index is 0.163. The van der Waals surface area contributed by atoms with Gasteiger partial charge in [0.2, 0.25) is 10.0 Å². The summed E-state index contributed by atoms with van der Waals surface area (Å²) < 4.78 is 38.4. The number of ether oxygens (including phenoxy) is 2. The standard InChI is InChI=1S/C22H27N3O5S/c26-22(17-30-18-6-2-1-3-7-18)23-20-16-19(8-9-21(20)24-10-4-5-11-24)31(27,28)25-12-14-29-15-13-25/h1-3,6-9,16H,4-5,10-15,17H2,(H,23,26). The van der Waals surface area contributed by atoms with Crippen LogP contribution in [0.3, 0.4) is 0 Å². The van der Waals surface area contributed by atoms with Gasteiger partial charge < -0.3 is 19.7 Å². The number of hydrogen-bond donors (Lipinski definition) is 1. The zero-order valence-corrected chi connectivity index (χ0v) is 18.1. The zero-order chi connectivity index (χ0) is 21.7. The molecule has 0 saturated carbocycles. The highest BCUT2D eigenvalue weighted by molar-refractivity contribution is 7.89. The Morgan fingerprint density at radius 3 is 2.42 bits per heavy atom. The first-order valence-corrected chi connectivity index (χ1v) is 11.9. The van der Waals surface area contributed by atoms with E-state index < -0.39 is 10.0 Å². The summed E-state index contributed by atoms with van der Waals surface area (Å²) in [5.74, 6) is 0.256. The van der Waals surface area contributed by atoms with Crippen LogP contribution in [-0.4, -0.2) is 64.6 Å². The number of carbonyl (C=O) groups is 1. The van der Waals surface area contributed by atoms with Crippen LogP contribution in [-0.2, 0) is 19.6 Å². The molecule has 2 fully saturated rings. The average molecular weight is 446 g/mol. The summed E-state index contributed by atoms with van der Waals surface area (Å²) in [6.45, 7) is 2.99. The molecular weight excluding hydrogens is 418 g/mol. The molecule has 0 unspecified atom stereocenters. The van der Waals surface area contributed by atoms with Crippen LogP contribution in [0.2, 0.25) is 0 Å². The van der Waals surface area contributed by atoms with Crippen molar-refractivity contribution in [3.05, 3.63) is 48.5 Å². The van der Waals surface area contributed by atoms with Gasteiger partial charge in [-0.1, -0.05) is 18.2 Å². The number of para-hydroxylation sites is 1. The van der Waals surface area contributed by atoms with E-state index in [4.69, 9.17) is 9.47 Å². The van der Waals surface area contributed by atoms with Crippen molar-refractivity contribution < 1.29 is 22.7 Å². The van der Waals surface area contributed by atoms with Crippen molar-refractivity contribution >= 4 is 27.3 Å². The maximum atomic E-state index is 13.1. The first kappa shape index (κ1) is 21.6. The number of rotatable bonds is 7. The highest BCUT2D eigenvalue weighted by Gasteiger charge is 2.28. The van der Waals surface area contributed by atoms with E-state index in [1.165, 1.54) is 4.31 Å². The fraction of sp³-hybridized carbons (Fsp3) is 0.409. The van der Waals surface area contributed by atoms with Gasteiger partial charge in [-0.25, -0.2) is 8.42 Å². The number of hydrogen-bond acceptors (Lipinski definition) is 6. The van der Waals surface area contributed by atoms with Crippen molar-refractivity contribution in [3.8, 4) is 5.75 Å². The first-order valence-electron chi connectivity index (χ1n) is 10.5. The number of nitrogens with one attached hydrogen (secondary N) is 1. The summed E-state index contributed by atoms with van der Waals surface area (Å²) in [7, 11) is -3.66. The average Bonchev–Trinajstić information content (AvgIpc) is 3.34. The minimum atomic E-state index is -3.66. The van der Waals surface area contributed by atoms with E-state index >= 15 is 0 Å². The van der Waals surface area contributed by atoms with E-state index in [0.717, 1.165) is 31.6 Å². The van der Waals surface area contributed by atoms with Crippen LogP contribution in [0.5, 0.6) is 5.75 Å². The quantitative estimate of drug-likeness (QED) is 0.704. The van der Waals surface area contributed by atoms with Gasteiger partial charge in [-0.3, -0.25) is 4.79 Å². The molecule has 0 spiro atoms. The predicted molar refractivity (Wildman–Crippen MR) is 118 cm³/mol. The van der Waals surface area contributed by atoms with Crippen molar-refractivity contribution in [1.82, 2.24) is 4.31 Å². The molecule has 0 atom stereocenters. The molecule has 2 aromatic rings. The van der Waals surface area contributed by atoms with Gasteiger partial charge >= 0.3 is 0 Å². The maximum Gasteiger partial charge on any atom is 0.262 e. The van der Waals surface area contributed by atoms with Gasteiger partial charge in [-0.2, -0.15) is 4.31 Å². The van der Waals surface area contributed by atoms with Crippen molar-refractivity contribution in [2.24, 2.45) is 0 Å². The number of anilines is 2. The summed E-state index contributed by atoms with van der Waals surface area (Å²) in [4.78, 5) is 14.9. The van der Waals surface area contributed by atoms with Crippen LogP contribution in [0.4, 0.5) is 11.4 Å². The molecule has 31 heavy (non-hydrogen) atoms. The number of nitrogens with zero attached hydrogens (tertiary/aromatic N) is 2. The van der Waals surface area contributed by atoms with E-state index in [1.54, 1.807) is 30.3 Å². The lowest BCUT2D eigenvalue weighted by molar-refractivity contribution is -0.118. The summed E-state index contributed by atoms with van der Waals surface area (Å²) in [5.41, 5.74) is 1.31. The number of amides is 1. The topological polar surface area (TPSA) is 88.2 Å². The highest BCUT2D eigenvalue weighted by atomic mass is 32.2. The Morgan fingerprint density at radius 1 is 1.00 bits per heavy atom. The number of sulfonamides is 1. The highest BCUT2D eigenvalue weighted by Crippen LogP contribution is 2.32. The minimum Gasteiger partial charge on any atom is -0.484 e. The van der Waals surface area contributed by atoms with Crippen LogP contribution in [0.1, 0.15) is 12.8 Å². The zero-order valence-electron chi connectivity index (χ0n) is 17.3. The lowest BCUT2D eigenvalue weighted by Crippen LogP contribution is -2.40. The molecular formula is C22H27N3O5S. The van der Waals surface area contributed by atoms with Crippen molar-refractivity contribution in [2.75, 3.05) is 56.2 Å². The fourth-order valence-electron chi connectivity index (χ4n) is 3.80. The fourth-order valence-corrected chi connectivity index (χ4v) is 5.23. The molecule has 2 heterocycles. The van der Waals surface area contributed by atoms with E-state index in [1.807, 2.05) is 18.2 Å². The van der Waals surface area contributed by atoms with E-state index in [0.29, 0.717) is 37.7 Å². The molecule has 4 rings (SSSR count). The van der Waals surface area contributed by atoms with E-state index in [9.17, 15) is 13.2 Å². The number of benzene rings is 2. The van der Waals surface area contributed by atoms with E-state index in [2.05, 4.69) is 10.2 Å². The number of carbonyl (C=O) groups excluding carboxylic acids is 1. The second kappa shape index (κ2) is 9.67. The Hall–Kier alpha value is -2.62. The van der Waals surface area contributed by atoms with Gasteiger partial charge in [0.05, 0.1) is 29.5 Å². The lowest BCUT2D eigenvalue weighted by Gasteiger charge is -2.27. The van der Waals surface area contributed by atoms with E-state index in [-0.39, 0.29) is 17.4 Å². The van der Waals surface area contributed by atoms with Gasteiger partial charge in [-0.05, 0) is 43.2 Å². The SMILES string of the molecule is O=C(COc1ccccc1)Nc1cc(S(=O)(=O)N2CCOCC2)ccc1N1CCCC1. The van der Waals surface area contributed by atoms with Crippen LogP contribution >= 0.6 is 0 Å². The monoisotopic (exact) mass is 445 g/mol. The lowest BCUT2D eigenvalue weighted by atomic mass is 10.2. The molecule has 8 nitrogen and oxygen atoms in total. The predicted octanol–water partition coefficient (Wildman–Crippen LogP) is 2.33. The van der Waals surface area contributed by atoms with Crippen LogP contribution in [0.25, 0.3) is 0 Å². The Labute approximate surface area is 182 Å². The van der Waals surface area contributed by atoms with Crippen molar-refractivity contribution in [2.45, 2.75) is 17.7 Å². The van der Waals surface area contributed by atoms with Crippen LogP contribution in [0.15, 0.2) is 53.4 Å². The Bertz CT molecular complexity index is 1000. The first-order chi connectivity index (χ1) is 15.0. The normalized spacial score (nSPS) is 17.5. The van der Waals surface area contributed by atoms with Crippen molar-refractivity contribution in [3.63, 3.8) is 0 Å². The van der Waals surface area contributed by atoms with Crippen molar-refractivity contribution in [1.29, 1.82) is 0 Å². The molecule has 0 radical (unpaired) electrons. The summed E-state index contributed by atoms with van der Waals surface area (Å²) in [6, 6.07) is 14.0. The third-order valence-electron chi connectivity index (χ3n) is 5.41. The third kappa shape index (κ3) is 5.17. The molecule has 2 aliphatic heterocycles. The summed E-state index contributed by atoms with van der Waals surface area (Å²) in [6.07, 6.45) is 2.14. The largest absolute Gasteiger partial charge is 0.484 e. The molecule has 1 N–H and O–H groups in total. The third-order valence-corrected chi connectivity index (χ3v) is 7.30. The summed E-state index contributed by atoms with van der Waals surface area (Å²) >= 11 is 0. The van der Waals surface area contributed by atoms with Gasteiger partial charge in [0, 0.05) is 26.2 Å². The maximum absolute atomic E-state index is 13.1. The second-order valence-electron chi connectivity index (χ2n) is 7.54. The Balaban J connectivity index is 1.55. The summed E-state index contributed by atoms with van der Waals surface area (Å²) in [5, 5.41) is 2.86. The van der Waals surface area contributed by atoms with Crippen LogP contribution < -0.4 is 15.0 Å². The molecule has 2 saturated heterocycles. The molecule has 0 aliphatic carbocycles. The molecule has 0 bridgehead atoms. The molecule has 166 valence electrons.